The van der Waals surface area contributed by atoms with Crippen molar-refractivity contribution < 1.29 is 8.78 Å². The maximum atomic E-state index is 13.8. The molecule has 0 saturated heterocycles. The van der Waals surface area contributed by atoms with Gasteiger partial charge in [-0.05, 0) is 68.1 Å². The van der Waals surface area contributed by atoms with Crippen molar-refractivity contribution in [3.8, 4) is 0 Å². The van der Waals surface area contributed by atoms with Crippen molar-refractivity contribution in [1.29, 1.82) is 0 Å². The van der Waals surface area contributed by atoms with Crippen LogP contribution in [0.25, 0.3) is 0 Å². The Morgan fingerprint density at radius 1 is 1.30 bits per heavy atom. The SMILES string of the molecule is CCNC(Cc1cccc(F)c1F)c1cc(Br)sc1Br. The fraction of sp³-hybridized carbons (Fsp3) is 0.286. The minimum Gasteiger partial charge on any atom is -0.310 e. The van der Waals surface area contributed by atoms with Crippen LogP contribution in [0.5, 0.6) is 0 Å². The van der Waals surface area contributed by atoms with Crippen LogP contribution in [0.1, 0.15) is 24.1 Å². The van der Waals surface area contributed by atoms with Gasteiger partial charge in [-0.2, -0.15) is 0 Å². The fourth-order valence-electron chi connectivity index (χ4n) is 2.06. The van der Waals surface area contributed by atoms with Gasteiger partial charge in [0.1, 0.15) is 0 Å². The Morgan fingerprint density at radius 3 is 2.65 bits per heavy atom. The third kappa shape index (κ3) is 3.67. The smallest absolute Gasteiger partial charge is 0.162 e. The molecule has 0 saturated carbocycles. The van der Waals surface area contributed by atoms with Gasteiger partial charge in [0.05, 0.1) is 7.57 Å². The highest BCUT2D eigenvalue weighted by molar-refractivity contribution is 9.12. The topological polar surface area (TPSA) is 12.0 Å². The van der Waals surface area contributed by atoms with Gasteiger partial charge >= 0.3 is 0 Å². The van der Waals surface area contributed by atoms with Gasteiger partial charge in [0, 0.05) is 6.04 Å². The Morgan fingerprint density at radius 2 is 2.05 bits per heavy atom. The summed E-state index contributed by atoms with van der Waals surface area (Å²) < 4.78 is 29.1. The predicted octanol–water partition coefficient (Wildman–Crippen LogP) is 5.44. The number of likely N-dealkylation sites (N-methyl/N-ethyl adjacent to an activating group) is 1. The monoisotopic (exact) mass is 423 g/mol. The first-order chi connectivity index (χ1) is 9.52. The number of nitrogens with one attached hydrogen (secondary N) is 1. The van der Waals surface area contributed by atoms with E-state index in [1.807, 2.05) is 13.0 Å². The molecule has 0 fully saturated rings. The summed E-state index contributed by atoms with van der Waals surface area (Å²) in [5.41, 5.74) is 1.43. The quantitative estimate of drug-likeness (QED) is 0.673. The second-order valence-corrected chi connectivity index (χ2v) is 8.06. The minimum atomic E-state index is -0.802. The van der Waals surface area contributed by atoms with E-state index in [1.165, 1.54) is 6.07 Å². The summed E-state index contributed by atoms with van der Waals surface area (Å²) in [4.78, 5) is 0. The van der Waals surface area contributed by atoms with Crippen molar-refractivity contribution in [2.75, 3.05) is 6.54 Å². The molecule has 20 heavy (non-hydrogen) atoms. The molecular formula is C14H13Br2F2NS. The molecule has 0 radical (unpaired) electrons. The number of hydrogen-bond acceptors (Lipinski definition) is 2. The Hall–Kier alpha value is -0.300. The number of thiophene rings is 1. The summed E-state index contributed by atoms with van der Waals surface area (Å²) in [6.45, 7) is 2.74. The molecule has 1 nitrogen and oxygen atoms in total. The normalized spacial score (nSPS) is 12.7. The van der Waals surface area contributed by atoms with E-state index >= 15 is 0 Å². The molecule has 1 heterocycles. The fourth-order valence-corrected chi connectivity index (χ4v) is 5.03. The highest BCUT2D eigenvalue weighted by Gasteiger charge is 2.19. The maximum absolute atomic E-state index is 13.8. The minimum absolute atomic E-state index is 0.0618. The molecule has 0 aliphatic rings. The number of halogens is 4. The Bertz CT molecular complexity index is 601. The van der Waals surface area contributed by atoms with Crippen molar-refractivity contribution in [2.24, 2.45) is 0 Å². The van der Waals surface area contributed by atoms with Crippen LogP contribution in [0.2, 0.25) is 0 Å². The molecule has 1 atom stereocenters. The van der Waals surface area contributed by atoms with Crippen LogP contribution < -0.4 is 5.32 Å². The lowest BCUT2D eigenvalue weighted by Gasteiger charge is -2.18. The van der Waals surface area contributed by atoms with Crippen LogP contribution in [0, 0.1) is 11.6 Å². The lowest BCUT2D eigenvalue weighted by Crippen LogP contribution is -2.23. The van der Waals surface area contributed by atoms with Crippen LogP contribution in [-0.2, 0) is 6.42 Å². The molecule has 2 rings (SSSR count). The summed E-state index contributed by atoms with van der Waals surface area (Å²) in [7, 11) is 0. The maximum Gasteiger partial charge on any atom is 0.162 e. The summed E-state index contributed by atoms with van der Waals surface area (Å²) in [6.07, 6.45) is 0.402. The average Bonchev–Trinajstić information content (AvgIpc) is 2.73. The molecule has 1 N–H and O–H groups in total. The van der Waals surface area contributed by atoms with Crippen LogP contribution in [0.3, 0.4) is 0 Å². The predicted molar refractivity (Wildman–Crippen MR) is 86.2 cm³/mol. The molecule has 6 heteroatoms. The average molecular weight is 425 g/mol. The first-order valence-electron chi connectivity index (χ1n) is 6.14. The van der Waals surface area contributed by atoms with Crippen LogP contribution in [-0.4, -0.2) is 6.54 Å². The molecule has 0 aliphatic carbocycles. The van der Waals surface area contributed by atoms with Gasteiger partial charge in [-0.15, -0.1) is 11.3 Å². The van der Waals surface area contributed by atoms with Crippen LogP contribution in [0.15, 0.2) is 31.8 Å². The molecule has 1 aromatic carbocycles. The number of hydrogen-bond donors (Lipinski definition) is 1. The number of rotatable bonds is 5. The largest absolute Gasteiger partial charge is 0.310 e. The standard InChI is InChI=1S/C14H13Br2F2NS/c1-2-19-11(9-7-12(15)20-14(9)16)6-8-4-3-5-10(17)13(8)18/h3-5,7,11,19H,2,6H2,1H3. The van der Waals surface area contributed by atoms with Crippen molar-refractivity contribution >= 4 is 43.2 Å². The highest BCUT2D eigenvalue weighted by Crippen LogP contribution is 2.36. The second kappa shape index (κ2) is 7.11. The van der Waals surface area contributed by atoms with Gasteiger partial charge in [-0.25, -0.2) is 8.78 Å². The van der Waals surface area contributed by atoms with E-state index in [1.54, 1.807) is 17.4 Å². The van der Waals surface area contributed by atoms with Crippen LogP contribution >= 0.6 is 43.2 Å². The summed E-state index contributed by atoms with van der Waals surface area (Å²) in [5.74, 6) is -1.57. The van der Waals surface area contributed by atoms with Gasteiger partial charge < -0.3 is 5.32 Å². The molecule has 0 amide bonds. The molecule has 1 unspecified atom stereocenters. The second-order valence-electron chi connectivity index (χ2n) is 4.31. The van der Waals surface area contributed by atoms with E-state index in [0.717, 1.165) is 25.7 Å². The Labute approximate surface area is 137 Å². The molecule has 108 valence electrons. The van der Waals surface area contributed by atoms with Crippen molar-refractivity contribution in [2.45, 2.75) is 19.4 Å². The van der Waals surface area contributed by atoms with E-state index < -0.39 is 11.6 Å². The van der Waals surface area contributed by atoms with Crippen molar-refractivity contribution in [1.82, 2.24) is 5.32 Å². The van der Waals surface area contributed by atoms with Gasteiger partial charge in [-0.3, -0.25) is 0 Å². The van der Waals surface area contributed by atoms with E-state index in [2.05, 4.69) is 37.2 Å². The zero-order valence-corrected chi connectivity index (χ0v) is 14.7. The highest BCUT2D eigenvalue weighted by atomic mass is 79.9. The summed E-state index contributed by atoms with van der Waals surface area (Å²) in [5, 5.41) is 3.31. The van der Waals surface area contributed by atoms with Gasteiger partial charge in [0.2, 0.25) is 0 Å². The molecule has 0 bridgehead atoms. The zero-order chi connectivity index (χ0) is 14.7. The lowest BCUT2D eigenvalue weighted by atomic mass is 10.0. The van der Waals surface area contributed by atoms with E-state index in [-0.39, 0.29) is 6.04 Å². The van der Waals surface area contributed by atoms with Gasteiger partial charge in [-0.1, -0.05) is 19.1 Å². The molecular weight excluding hydrogens is 412 g/mol. The molecule has 2 aromatic rings. The lowest BCUT2D eigenvalue weighted by molar-refractivity contribution is 0.481. The summed E-state index contributed by atoms with van der Waals surface area (Å²) in [6, 6.07) is 6.23. The molecule has 1 aromatic heterocycles. The van der Waals surface area contributed by atoms with Crippen molar-refractivity contribution in [3.05, 3.63) is 54.6 Å². The van der Waals surface area contributed by atoms with Gasteiger partial charge in [0.25, 0.3) is 0 Å². The van der Waals surface area contributed by atoms with E-state index in [9.17, 15) is 8.78 Å². The summed E-state index contributed by atoms with van der Waals surface area (Å²) >= 11 is 8.52. The molecule has 0 spiro atoms. The number of benzene rings is 1. The molecule has 0 aliphatic heterocycles. The first kappa shape index (κ1) is 16.1. The van der Waals surface area contributed by atoms with E-state index in [4.69, 9.17) is 0 Å². The third-order valence-electron chi connectivity index (χ3n) is 2.96. The van der Waals surface area contributed by atoms with E-state index in [0.29, 0.717) is 12.0 Å². The van der Waals surface area contributed by atoms with Crippen LogP contribution in [0.4, 0.5) is 8.78 Å². The Kier molecular flexibility index (Phi) is 5.72. The van der Waals surface area contributed by atoms with Gasteiger partial charge in [0.15, 0.2) is 11.6 Å². The third-order valence-corrected chi connectivity index (χ3v) is 5.35. The zero-order valence-electron chi connectivity index (χ0n) is 10.7. The Balaban J connectivity index is 2.30. The first-order valence-corrected chi connectivity index (χ1v) is 8.54. The van der Waals surface area contributed by atoms with Crippen molar-refractivity contribution in [3.63, 3.8) is 0 Å².